The first-order chi connectivity index (χ1) is 8.78. The summed E-state index contributed by atoms with van der Waals surface area (Å²) in [5, 5.41) is 9.92. The van der Waals surface area contributed by atoms with E-state index in [1.807, 2.05) is 24.3 Å². The summed E-state index contributed by atoms with van der Waals surface area (Å²) in [6.07, 6.45) is 0. The average molecular weight is 241 g/mol. The molecular formula is C14H11NO3. The summed E-state index contributed by atoms with van der Waals surface area (Å²) in [6, 6.07) is 12.5. The summed E-state index contributed by atoms with van der Waals surface area (Å²) in [6.45, 7) is 0. The Bertz CT molecular complexity index is 670. The lowest BCUT2D eigenvalue weighted by Crippen LogP contribution is -1.84. The van der Waals surface area contributed by atoms with Gasteiger partial charge < -0.3 is 14.3 Å². The van der Waals surface area contributed by atoms with E-state index in [4.69, 9.17) is 9.15 Å². The molecule has 90 valence electrons. The van der Waals surface area contributed by atoms with Crippen LogP contribution < -0.4 is 4.74 Å². The number of rotatable bonds is 2. The van der Waals surface area contributed by atoms with Crippen LogP contribution in [0.3, 0.4) is 0 Å². The predicted molar refractivity (Wildman–Crippen MR) is 67.7 cm³/mol. The lowest BCUT2D eigenvalue weighted by atomic mass is 10.2. The van der Waals surface area contributed by atoms with Crippen molar-refractivity contribution in [1.29, 1.82) is 0 Å². The molecule has 0 saturated heterocycles. The number of ether oxygens (including phenoxy) is 1. The maximum Gasteiger partial charge on any atom is 0.231 e. The van der Waals surface area contributed by atoms with Gasteiger partial charge in [0, 0.05) is 6.07 Å². The summed E-state index contributed by atoms with van der Waals surface area (Å²) >= 11 is 0. The SMILES string of the molecule is COc1ccc(-c2nc3ccccc3o2)c(O)c1. The van der Waals surface area contributed by atoms with E-state index in [1.54, 1.807) is 19.2 Å². The number of nitrogens with zero attached hydrogens (tertiary/aromatic N) is 1. The molecule has 0 saturated carbocycles. The number of aromatic hydroxyl groups is 1. The molecule has 0 atom stereocenters. The van der Waals surface area contributed by atoms with E-state index in [9.17, 15) is 5.11 Å². The molecule has 0 unspecified atom stereocenters. The fourth-order valence-electron chi connectivity index (χ4n) is 1.81. The van der Waals surface area contributed by atoms with Crippen molar-refractivity contribution in [3.63, 3.8) is 0 Å². The summed E-state index contributed by atoms with van der Waals surface area (Å²) in [4.78, 5) is 4.33. The molecule has 0 aliphatic heterocycles. The van der Waals surface area contributed by atoms with Crippen molar-refractivity contribution >= 4 is 11.1 Å². The first-order valence-corrected chi connectivity index (χ1v) is 5.51. The number of hydrogen-bond acceptors (Lipinski definition) is 4. The Morgan fingerprint density at radius 1 is 1.17 bits per heavy atom. The molecule has 1 aromatic heterocycles. The first kappa shape index (κ1) is 10.7. The number of oxazole rings is 1. The van der Waals surface area contributed by atoms with Gasteiger partial charge in [-0.1, -0.05) is 12.1 Å². The summed E-state index contributed by atoms with van der Waals surface area (Å²) in [5.41, 5.74) is 2.01. The fraction of sp³-hybridized carbons (Fsp3) is 0.0714. The molecule has 0 aliphatic carbocycles. The third-order valence-corrected chi connectivity index (χ3v) is 2.73. The van der Waals surface area contributed by atoms with Gasteiger partial charge in [-0.05, 0) is 24.3 Å². The lowest BCUT2D eigenvalue weighted by Gasteiger charge is -2.03. The standard InChI is InChI=1S/C14H11NO3/c1-17-9-6-7-10(12(16)8-9)14-15-11-4-2-3-5-13(11)18-14/h2-8,16H,1H3. The number of fused-ring (bicyclic) bond motifs is 1. The highest BCUT2D eigenvalue weighted by Crippen LogP contribution is 2.33. The van der Waals surface area contributed by atoms with E-state index < -0.39 is 0 Å². The van der Waals surface area contributed by atoms with Gasteiger partial charge in [-0.15, -0.1) is 0 Å². The third-order valence-electron chi connectivity index (χ3n) is 2.73. The first-order valence-electron chi connectivity index (χ1n) is 5.51. The number of methoxy groups -OCH3 is 1. The molecule has 0 bridgehead atoms. The van der Waals surface area contributed by atoms with Gasteiger partial charge in [0.15, 0.2) is 5.58 Å². The van der Waals surface area contributed by atoms with Crippen LogP contribution in [0.25, 0.3) is 22.6 Å². The highest BCUT2D eigenvalue weighted by molar-refractivity contribution is 5.77. The minimum Gasteiger partial charge on any atom is -0.507 e. The highest BCUT2D eigenvalue weighted by atomic mass is 16.5. The Kier molecular flexibility index (Phi) is 2.41. The topological polar surface area (TPSA) is 55.5 Å². The molecule has 4 heteroatoms. The molecule has 3 aromatic rings. The van der Waals surface area contributed by atoms with Crippen molar-refractivity contribution in [2.45, 2.75) is 0 Å². The van der Waals surface area contributed by atoms with Gasteiger partial charge in [-0.25, -0.2) is 4.98 Å². The molecule has 0 aliphatic rings. The van der Waals surface area contributed by atoms with Crippen LogP contribution in [0.15, 0.2) is 46.9 Å². The Morgan fingerprint density at radius 3 is 2.72 bits per heavy atom. The fourth-order valence-corrected chi connectivity index (χ4v) is 1.81. The number of phenols is 1. The normalized spacial score (nSPS) is 10.7. The minimum atomic E-state index is 0.0842. The zero-order chi connectivity index (χ0) is 12.5. The van der Waals surface area contributed by atoms with E-state index >= 15 is 0 Å². The van der Waals surface area contributed by atoms with E-state index in [2.05, 4.69) is 4.98 Å². The van der Waals surface area contributed by atoms with Crippen molar-refractivity contribution < 1.29 is 14.3 Å². The number of aromatic nitrogens is 1. The maximum atomic E-state index is 9.92. The van der Waals surface area contributed by atoms with Crippen LogP contribution in [0.2, 0.25) is 0 Å². The Balaban J connectivity index is 2.14. The van der Waals surface area contributed by atoms with E-state index in [-0.39, 0.29) is 5.75 Å². The molecule has 1 N–H and O–H groups in total. The molecule has 0 spiro atoms. The Labute approximate surface area is 103 Å². The molecule has 0 fully saturated rings. The van der Waals surface area contributed by atoms with Crippen LogP contribution >= 0.6 is 0 Å². The molecule has 1 heterocycles. The van der Waals surface area contributed by atoms with Gasteiger partial charge in [0.1, 0.15) is 17.0 Å². The van der Waals surface area contributed by atoms with Gasteiger partial charge in [-0.2, -0.15) is 0 Å². The Morgan fingerprint density at radius 2 is 2.00 bits per heavy atom. The van der Waals surface area contributed by atoms with Gasteiger partial charge in [0.25, 0.3) is 0 Å². The van der Waals surface area contributed by atoms with Crippen LogP contribution in [0.5, 0.6) is 11.5 Å². The van der Waals surface area contributed by atoms with Crippen LogP contribution in [0, 0.1) is 0 Å². The molecular weight excluding hydrogens is 230 g/mol. The number of hydrogen-bond donors (Lipinski definition) is 1. The van der Waals surface area contributed by atoms with Crippen LogP contribution in [-0.2, 0) is 0 Å². The maximum absolute atomic E-state index is 9.92. The number of benzene rings is 2. The lowest BCUT2D eigenvalue weighted by molar-refractivity contribution is 0.407. The van der Waals surface area contributed by atoms with Crippen LogP contribution in [-0.4, -0.2) is 17.2 Å². The van der Waals surface area contributed by atoms with Gasteiger partial charge in [0.2, 0.25) is 5.89 Å². The van der Waals surface area contributed by atoms with Gasteiger partial charge in [-0.3, -0.25) is 0 Å². The molecule has 2 aromatic carbocycles. The third kappa shape index (κ3) is 1.68. The summed E-state index contributed by atoms with van der Waals surface area (Å²) in [7, 11) is 1.55. The zero-order valence-electron chi connectivity index (χ0n) is 9.75. The van der Waals surface area contributed by atoms with Crippen LogP contribution in [0.1, 0.15) is 0 Å². The van der Waals surface area contributed by atoms with Crippen molar-refractivity contribution in [1.82, 2.24) is 4.98 Å². The van der Waals surface area contributed by atoms with Crippen molar-refractivity contribution in [3.8, 4) is 23.0 Å². The molecule has 0 radical (unpaired) electrons. The highest BCUT2D eigenvalue weighted by Gasteiger charge is 2.12. The van der Waals surface area contributed by atoms with E-state index in [0.29, 0.717) is 22.8 Å². The predicted octanol–water partition coefficient (Wildman–Crippen LogP) is 3.21. The largest absolute Gasteiger partial charge is 0.507 e. The van der Waals surface area contributed by atoms with Crippen molar-refractivity contribution in [3.05, 3.63) is 42.5 Å². The smallest absolute Gasteiger partial charge is 0.231 e. The zero-order valence-corrected chi connectivity index (χ0v) is 9.75. The second kappa shape index (κ2) is 4.07. The summed E-state index contributed by atoms with van der Waals surface area (Å²) < 4.78 is 10.6. The quantitative estimate of drug-likeness (QED) is 0.748. The van der Waals surface area contributed by atoms with Crippen molar-refractivity contribution in [2.24, 2.45) is 0 Å². The average Bonchev–Trinajstić information content (AvgIpc) is 2.81. The van der Waals surface area contributed by atoms with Crippen molar-refractivity contribution in [2.75, 3.05) is 7.11 Å². The molecule has 3 rings (SSSR count). The monoisotopic (exact) mass is 241 g/mol. The van der Waals surface area contributed by atoms with E-state index in [1.165, 1.54) is 6.07 Å². The van der Waals surface area contributed by atoms with Gasteiger partial charge in [0.05, 0.1) is 12.7 Å². The second-order valence-corrected chi connectivity index (χ2v) is 3.87. The second-order valence-electron chi connectivity index (χ2n) is 3.87. The van der Waals surface area contributed by atoms with E-state index in [0.717, 1.165) is 5.52 Å². The van der Waals surface area contributed by atoms with Gasteiger partial charge >= 0.3 is 0 Å². The number of phenolic OH excluding ortho intramolecular Hbond substituents is 1. The summed E-state index contributed by atoms with van der Waals surface area (Å²) in [5.74, 6) is 1.07. The molecule has 4 nitrogen and oxygen atoms in total. The Hall–Kier alpha value is -2.49. The molecule has 18 heavy (non-hydrogen) atoms. The molecule has 0 amide bonds. The minimum absolute atomic E-state index is 0.0842. The van der Waals surface area contributed by atoms with Crippen LogP contribution in [0.4, 0.5) is 0 Å². The number of para-hydroxylation sites is 2.